The van der Waals surface area contributed by atoms with Crippen LogP contribution in [0, 0.1) is 47.3 Å². The molecule has 9 fully saturated rings. The monoisotopic (exact) mass is 398 g/mol. The summed E-state index contributed by atoms with van der Waals surface area (Å²) in [6.07, 6.45) is 26.6. The molecule has 0 heterocycles. The molecule has 0 amide bonds. The van der Waals surface area contributed by atoms with Crippen molar-refractivity contribution in [3.05, 3.63) is 0 Å². The van der Waals surface area contributed by atoms with Crippen LogP contribution in [0.4, 0.5) is 0 Å². The maximum absolute atomic E-state index is 2.55. The van der Waals surface area contributed by atoms with Gasteiger partial charge in [0.25, 0.3) is 0 Å². The fourth-order valence-electron chi connectivity index (χ4n) is 11.4. The highest BCUT2D eigenvalue weighted by atomic mass is 31.1. The predicted octanol–water partition coefficient (Wildman–Crippen LogP) is 7.84. The van der Waals surface area contributed by atoms with Gasteiger partial charge in [0.1, 0.15) is 0 Å². The molecular formula is C27H43P. The fourth-order valence-corrected chi connectivity index (χ4v) is 16.9. The second-order valence-electron chi connectivity index (χ2n) is 13.7. The summed E-state index contributed by atoms with van der Waals surface area (Å²) in [5, 5.41) is 1.75. The molecule has 9 saturated carbocycles. The zero-order valence-corrected chi connectivity index (χ0v) is 19.3. The maximum Gasteiger partial charge on any atom is -0.00814 e. The number of hydrogen-bond donors (Lipinski definition) is 0. The van der Waals surface area contributed by atoms with Crippen molar-refractivity contribution in [2.45, 2.75) is 114 Å². The minimum atomic E-state index is 0.261. The van der Waals surface area contributed by atoms with Gasteiger partial charge in [-0.15, -0.1) is 0 Å². The molecule has 8 bridgehead atoms. The molecule has 0 aliphatic heterocycles. The summed E-state index contributed by atoms with van der Waals surface area (Å²) in [5.41, 5.74) is 0. The van der Waals surface area contributed by atoms with Crippen LogP contribution in [0.1, 0.15) is 103 Å². The van der Waals surface area contributed by atoms with E-state index in [9.17, 15) is 0 Å². The third-order valence-corrected chi connectivity index (χ3v) is 15.7. The van der Waals surface area contributed by atoms with Gasteiger partial charge in [0.2, 0.25) is 0 Å². The predicted molar refractivity (Wildman–Crippen MR) is 120 cm³/mol. The Morgan fingerprint density at radius 1 is 0.571 bits per heavy atom. The second kappa shape index (κ2) is 6.24. The van der Waals surface area contributed by atoms with E-state index in [0.717, 1.165) is 57.7 Å². The lowest BCUT2D eigenvalue weighted by Crippen LogP contribution is -2.57. The van der Waals surface area contributed by atoms with E-state index in [0.29, 0.717) is 0 Å². The van der Waals surface area contributed by atoms with Crippen LogP contribution in [0.5, 0.6) is 0 Å². The Labute approximate surface area is 175 Å². The van der Waals surface area contributed by atoms with E-state index in [1.54, 1.807) is 102 Å². The number of hydrogen-bond acceptors (Lipinski definition) is 0. The van der Waals surface area contributed by atoms with Crippen molar-refractivity contribution >= 4 is 7.92 Å². The van der Waals surface area contributed by atoms with E-state index in [2.05, 4.69) is 6.92 Å². The van der Waals surface area contributed by atoms with Crippen LogP contribution in [-0.2, 0) is 0 Å². The Morgan fingerprint density at radius 3 is 1.29 bits per heavy atom. The maximum atomic E-state index is 2.55. The molecule has 2 atom stereocenters. The van der Waals surface area contributed by atoms with Crippen LogP contribution in [0.3, 0.4) is 0 Å². The van der Waals surface area contributed by atoms with Crippen molar-refractivity contribution < 1.29 is 0 Å². The van der Waals surface area contributed by atoms with Crippen LogP contribution < -0.4 is 0 Å². The lowest BCUT2D eigenvalue weighted by Gasteiger charge is -2.68. The van der Waals surface area contributed by atoms with Crippen molar-refractivity contribution in [1.82, 2.24) is 0 Å². The molecule has 0 spiro atoms. The lowest BCUT2D eigenvalue weighted by molar-refractivity contribution is 0.0183. The first kappa shape index (κ1) is 18.0. The van der Waals surface area contributed by atoms with Crippen molar-refractivity contribution in [2.75, 3.05) is 6.16 Å². The van der Waals surface area contributed by atoms with Gasteiger partial charge in [0, 0.05) is 0 Å². The Balaban J connectivity index is 1.26. The van der Waals surface area contributed by atoms with E-state index in [-0.39, 0.29) is 7.92 Å². The molecule has 0 aromatic rings. The molecule has 28 heavy (non-hydrogen) atoms. The first-order chi connectivity index (χ1) is 13.6. The minimum absolute atomic E-state index is 0.261. The molecular weight excluding hydrogens is 355 g/mol. The normalized spacial score (nSPS) is 59.9. The molecule has 156 valence electrons. The summed E-state index contributed by atoms with van der Waals surface area (Å²) in [4.78, 5) is 0. The van der Waals surface area contributed by atoms with Gasteiger partial charge in [-0.3, -0.25) is 0 Å². The van der Waals surface area contributed by atoms with Crippen molar-refractivity contribution in [3.63, 3.8) is 0 Å². The highest BCUT2D eigenvalue weighted by molar-refractivity contribution is 7.61. The van der Waals surface area contributed by atoms with Crippen LogP contribution >= 0.6 is 7.92 Å². The molecule has 1 heteroatoms. The zero-order chi connectivity index (χ0) is 18.5. The standard InChI is InChI=1S/C27H43P/c1-18-2-3-19(4-18)17-28(26-11-20-5-21(12-26)7-22(6-20)13-26)27-14-23-8-24(15-27)10-25(9-23)16-27/h18-25H,2-17H2,1H3. The smallest absolute Gasteiger partial charge is 0.00814 e. The molecule has 0 radical (unpaired) electrons. The lowest BCUT2D eigenvalue weighted by atomic mass is 9.55. The van der Waals surface area contributed by atoms with Gasteiger partial charge in [0.15, 0.2) is 0 Å². The quantitative estimate of drug-likeness (QED) is 0.423. The van der Waals surface area contributed by atoms with Crippen molar-refractivity contribution in [1.29, 1.82) is 0 Å². The molecule has 0 N–H and O–H groups in total. The third-order valence-electron chi connectivity index (χ3n) is 11.4. The SMILES string of the molecule is CC1CCC(CP(C23CC4CC(CC(C4)C2)C3)C23CC4CC(CC(C4)C2)C3)C1. The summed E-state index contributed by atoms with van der Waals surface area (Å²) in [6, 6.07) is 0. The summed E-state index contributed by atoms with van der Waals surface area (Å²) >= 11 is 0. The van der Waals surface area contributed by atoms with Gasteiger partial charge in [-0.05, 0) is 154 Å². The van der Waals surface area contributed by atoms with Gasteiger partial charge in [-0.2, -0.15) is 0 Å². The molecule has 9 rings (SSSR count). The highest BCUT2D eigenvalue weighted by Crippen LogP contribution is 2.79. The highest BCUT2D eigenvalue weighted by Gasteiger charge is 2.62. The second-order valence-corrected chi connectivity index (χ2v) is 16.8. The van der Waals surface area contributed by atoms with E-state index in [1.807, 2.05) is 0 Å². The molecule has 0 aromatic carbocycles. The van der Waals surface area contributed by atoms with Crippen LogP contribution in [0.25, 0.3) is 0 Å². The van der Waals surface area contributed by atoms with Crippen molar-refractivity contribution in [3.8, 4) is 0 Å². The van der Waals surface area contributed by atoms with Gasteiger partial charge >= 0.3 is 0 Å². The third kappa shape index (κ3) is 2.71. The van der Waals surface area contributed by atoms with E-state index >= 15 is 0 Å². The van der Waals surface area contributed by atoms with Gasteiger partial charge in [-0.25, -0.2) is 0 Å². The first-order valence-electron chi connectivity index (χ1n) is 13.4. The summed E-state index contributed by atoms with van der Waals surface area (Å²) in [5.74, 6) is 9.12. The Bertz CT molecular complexity index is 520. The summed E-state index contributed by atoms with van der Waals surface area (Å²) in [6.45, 7) is 2.55. The zero-order valence-electron chi connectivity index (χ0n) is 18.4. The molecule has 0 aromatic heterocycles. The van der Waals surface area contributed by atoms with E-state index in [1.165, 1.54) is 0 Å². The van der Waals surface area contributed by atoms with E-state index < -0.39 is 0 Å². The fraction of sp³-hybridized carbons (Fsp3) is 1.00. The largest absolute Gasteiger partial charge is 0.0936 e. The van der Waals surface area contributed by atoms with Crippen LogP contribution in [-0.4, -0.2) is 16.5 Å². The van der Waals surface area contributed by atoms with Crippen molar-refractivity contribution in [2.24, 2.45) is 47.3 Å². The average Bonchev–Trinajstić information content (AvgIpc) is 3.02. The van der Waals surface area contributed by atoms with Gasteiger partial charge < -0.3 is 0 Å². The van der Waals surface area contributed by atoms with Crippen LogP contribution in [0.2, 0.25) is 0 Å². The van der Waals surface area contributed by atoms with Gasteiger partial charge in [0.05, 0.1) is 0 Å². The molecule has 2 unspecified atom stereocenters. The average molecular weight is 399 g/mol. The Morgan fingerprint density at radius 2 is 0.964 bits per heavy atom. The molecule has 9 aliphatic carbocycles. The Hall–Kier alpha value is 0.430. The first-order valence-corrected chi connectivity index (χ1v) is 14.9. The summed E-state index contributed by atoms with van der Waals surface area (Å²) in [7, 11) is 0.261. The Kier molecular flexibility index (Phi) is 4.02. The van der Waals surface area contributed by atoms with Crippen LogP contribution in [0.15, 0.2) is 0 Å². The van der Waals surface area contributed by atoms with Gasteiger partial charge in [-0.1, -0.05) is 21.3 Å². The molecule has 0 saturated heterocycles. The number of rotatable bonds is 4. The molecule has 9 aliphatic rings. The minimum Gasteiger partial charge on any atom is -0.0936 e. The topological polar surface area (TPSA) is 0 Å². The van der Waals surface area contributed by atoms with E-state index in [4.69, 9.17) is 0 Å². The summed E-state index contributed by atoms with van der Waals surface area (Å²) < 4.78 is 0. The molecule has 0 nitrogen and oxygen atoms in total.